The van der Waals surface area contributed by atoms with Crippen LogP contribution in [-0.4, -0.2) is 39.1 Å². The van der Waals surface area contributed by atoms with E-state index in [1.54, 1.807) is 32.0 Å². The molecule has 35 heavy (non-hydrogen) atoms. The van der Waals surface area contributed by atoms with Crippen molar-refractivity contribution < 1.29 is 18.4 Å². The maximum atomic E-state index is 13.5. The highest BCUT2D eigenvalue weighted by molar-refractivity contribution is 5.99. The third-order valence-corrected chi connectivity index (χ3v) is 5.41. The standard InChI is InChI=1S/C27H24F2N4O2/c1-18(2)32(27(35)20-8-10-21(28)11-9-20)17-26(34)30-25-16-24(19-6-4-3-5-7-19)31-33(25)23-14-12-22(29)13-15-23/h3-16,18H,17H2,1-2H3,(H,30,34). The lowest BCUT2D eigenvalue weighted by Gasteiger charge is -2.26. The minimum atomic E-state index is -0.446. The predicted molar refractivity (Wildman–Crippen MR) is 130 cm³/mol. The predicted octanol–water partition coefficient (Wildman–Crippen LogP) is 5.31. The molecule has 0 fully saturated rings. The van der Waals surface area contributed by atoms with E-state index >= 15 is 0 Å². The van der Waals surface area contributed by atoms with Crippen LogP contribution in [0.4, 0.5) is 14.6 Å². The quantitative estimate of drug-likeness (QED) is 0.395. The lowest BCUT2D eigenvalue weighted by atomic mass is 10.1. The molecule has 0 saturated heterocycles. The Morgan fingerprint density at radius 1 is 0.914 bits per heavy atom. The molecule has 1 aromatic heterocycles. The lowest BCUT2D eigenvalue weighted by Crippen LogP contribution is -2.42. The van der Waals surface area contributed by atoms with Gasteiger partial charge in [-0.1, -0.05) is 30.3 Å². The first-order chi connectivity index (χ1) is 16.8. The fraction of sp³-hybridized carbons (Fsp3) is 0.148. The van der Waals surface area contributed by atoms with Gasteiger partial charge < -0.3 is 10.2 Å². The van der Waals surface area contributed by atoms with Gasteiger partial charge in [-0.2, -0.15) is 5.10 Å². The van der Waals surface area contributed by atoms with Crippen molar-refractivity contribution in [2.24, 2.45) is 0 Å². The number of hydrogen-bond acceptors (Lipinski definition) is 3. The van der Waals surface area contributed by atoms with Crippen LogP contribution in [0.1, 0.15) is 24.2 Å². The van der Waals surface area contributed by atoms with Crippen LogP contribution in [0.2, 0.25) is 0 Å². The van der Waals surface area contributed by atoms with E-state index in [1.807, 2.05) is 30.3 Å². The Kier molecular flexibility index (Phi) is 7.01. The molecule has 178 valence electrons. The molecule has 3 aromatic carbocycles. The second kappa shape index (κ2) is 10.3. The number of amides is 2. The zero-order valence-corrected chi connectivity index (χ0v) is 19.3. The van der Waals surface area contributed by atoms with Crippen LogP contribution < -0.4 is 5.32 Å². The Labute approximate surface area is 201 Å². The van der Waals surface area contributed by atoms with E-state index in [4.69, 9.17) is 0 Å². The SMILES string of the molecule is CC(C)N(CC(=O)Nc1cc(-c2ccccc2)nn1-c1ccc(F)cc1)C(=O)c1ccc(F)cc1. The summed E-state index contributed by atoms with van der Waals surface area (Å²) in [7, 11) is 0. The highest BCUT2D eigenvalue weighted by Crippen LogP contribution is 2.25. The zero-order chi connectivity index (χ0) is 24.9. The van der Waals surface area contributed by atoms with Crippen molar-refractivity contribution in [3.05, 3.63) is 102 Å². The van der Waals surface area contributed by atoms with Gasteiger partial charge >= 0.3 is 0 Å². The molecule has 6 nitrogen and oxygen atoms in total. The normalized spacial score (nSPS) is 10.9. The zero-order valence-electron chi connectivity index (χ0n) is 19.3. The average Bonchev–Trinajstić information content (AvgIpc) is 3.27. The molecule has 0 saturated carbocycles. The van der Waals surface area contributed by atoms with Crippen molar-refractivity contribution >= 4 is 17.6 Å². The summed E-state index contributed by atoms with van der Waals surface area (Å²) in [6.45, 7) is 3.37. The molecule has 1 N–H and O–H groups in total. The Morgan fingerprint density at radius 2 is 1.51 bits per heavy atom. The van der Waals surface area contributed by atoms with Gasteiger partial charge in [-0.15, -0.1) is 0 Å². The monoisotopic (exact) mass is 474 g/mol. The minimum absolute atomic E-state index is 0.219. The minimum Gasteiger partial charge on any atom is -0.327 e. The summed E-state index contributed by atoms with van der Waals surface area (Å²) in [5.41, 5.74) is 2.31. The summed E-state index contributed by atoms with van der Waals surface area (Å²) in [6.07, 6.45) is 0. The second-order valence-corrected chi connectivity index (χ2v) is 8.25. The number of halogens is 2. The summed E-state index contributed by atoms with van der Waals surface area (Å²) in [5, 5.41) is 7.43. The molecule has 0 bridgehead atoms. The van der Waals surface area contributed by atoms with Crippen LogP contribution in [0.25, 0.3) is 16.9 Å². The summed E-state index contributed by atoms with van der Waals surface area (Å²) in [6, 6.07) is 21.8. The molecule has 0 spiro atoms. The number of nitrogens with one attached hydrogen (secondary N) is 1. The first-order valence-corrected chi connectivity index (χ1v) is 11.1. The third-order valence-electron chi connectivity index (χ3n) is 5.41. The van der Waals surface area contributed by atoms with Crippen molar-refractivity contribution in [2.45, 2.75) is 19.9 Å². The fourth-order valence-corrected chi connectivity index (χ4v) is 3.58. The summed E-state index contributed by atoms with van der Waals surface area (Å²) in [4.78, 5) is 27.4. The molecule has 0 aliphatic rings. The maximum Gasteiger partial charge on any atom is 0.254 e. The number of nitrogens with zero attached hydrogens (tertiary/aromatic N) is 3. The molecule has 8 heteroatoms. The first-order valence-electron chi connectivity index (χ1n) is 11.1. The van der Waals surface area contributed by atoms with E-state index in [0.29, 0.717) is 17.2 Å². The molecule has 4 rings (SSSR count). The summed E-state index contributed by atoms with van der Waals surface area (Å²) in [5.74, 6) is -1.28. The highest BCUT2D eigenvalue weighted by Gasteiger charge is 2.23. The van der Waals surface area contributed by atoms with Crippen molar-refractivity contribution in [3.63, 3.8) is 0 Å². The maximum absolute atomic E-state index is 13.5. The van der Waals surface area contributed by atoms with Gasteiger partial charge in [-0.25, -0.2) is 13.5 Å². The van der Waals surface area contributed by atoms with Gasteiger partial charge in [0.05, 0.1) is 11.4 Å². The third kappa shape index (κ3) is 5.60. The number of aromatic nitrogens is 2. The number of anilines is 1. The molecular weight excluding hydrogens is 450 g/mol. The van der Waals surface area contributed by atoms with Gasteiger partial charge in [0.2, 0.25) is 5.91 Å². The molecule has 0 aliphatic carbocycles. The van der Waals surface area contributed by atoms with Crippen LogP contribution in [0, 0.1) is 11.6 Å². The molecule has 1 heterocycles. The Morgan fingerprint density at radius 3 is 2.11 bits per heavy atom. The fourth-order valence-electron chi connectivity index (χ4n) is 3.58. The Balaban J connectivity index is 1.60. The van der Waals surface area contributed by atoms with Gasteiger partial charge in [-0.3, -0.25) is 9.59 Å². The second-order valence-electron chi connectivity index (χ2n) is 8.25. The van der Waals surface area contributed by atoms with Gasteiger partial charge in [0.25, 0.3) is 5.91 Å². The van der Waals surface area contributed by atoms with Crippen molar-refractivity contribution in [1.82, 2.24) is 14.7 Å². The number of carbonyl (C=O) groups is 2. The molecular formula is C27H24F2N4O2. The molecule has 0 unspecified atom stereocenters. The molecule has 4 aromatic rings. The van der Waals surface area contributed by atoms with E-state index in [0.717, 1.165) is 5.56 Å². The summed E-state index contributed by atoms with van der Waals surface area (Å²) >= 11 is 0. The smallest absolute Gasteiger partial charge is 0.254 e. The van der Waals surface area contributed by atoms with Crippen LogP contribution in [-0.2, 0) is 4.79 Å². The van der Waals surface area contributed by atoms with Crippen molar-refractivity contribution in [2.75, 3.05) is 11.9 Å². The van der Waals surface area contributed by atoms with Gasteiger partial charge in [-0.05, 0) is 62.4 Å². The van der Waals surface area contributed by atoms with Crippen molar-refractivity contribution in [1.29, 1.82) is 0 Å². The van der Waals surface area contributed by atoms with Crippen LogP contribution in [0.5, 0.6) is 0 Å². The van der Waals surface area contributed by atoms with Crippen molar-refractivity contribution in [3.8, 4) is 16.9 Å². The van der Waals surface area contributed by atoms with E-state index in [1.165, 1.54) is 46.0 Å². The topological polar surface area (TPSA) is 67.2 Å². The van der Waals surface area contributed by atoms with Crippen LogP contribution >= 0.6 is 0 Å². The van der Waals surface area contributed by atoms with Gasteiger partial charge in [0, 0.05) is 23.2 Å². The van der Waals surface area contributed by atoms with E-state index < -0.39 is 11.7 Å². The Hall–Kier alpha value is -4.33. The first kappa shape index (κ1) is 23.8. The Bertz CT molecular complexity index is 1320. The van der Waals surface area contributed by atoms with E-state index in [2.05, 4.69) is 10.4 Å². The van der Waals surface area contributed by atoms with Crippen LogP contribution in [0.15, 0.2) is 84.9 Å². The van der Waals surface area contributed by atoms with E-state index in [9.17, 15) is 18.4 Å². The summed E-state index contributed by atoms with van der Waals surface area (Å²) < 4.78 is 28.3. The molecule has 2 amide bonds. The van der Waals surface area contributed by atoms with E-state index in [-0.39, 0.29) is 29.9 Å². The lowest BCUT2D eigenvalue weighted by molar-refractivity contribution is -0.117. The van der Waals surface area contributed by atoms with Gasteiger partial charge in [0.1, 0.15) is 24.0 Å². The number of hydrogen-bond donors (Lipinski definition) is 1. The number of rotatable bonds is 7. The largest absolute Gasteiger partial charge is 0.327 e. The highest BCUT2D eigenvalue weighted by atomic mass is 19.1. The molecule has 0 aliphatic heterocycles. The number of carbonyl (C=O) groups excluding carboxylic acids is 2. The van der Waals surface area contributed by atoms with Gasteiger partial charge in [0.15, 0.2) is 0 Å². The van der Waals surface area contributed by atoms with Crippen LogP contribution in [0.3, 0.4) is 0 Å². The number of benzene rings is 3. The molecule has 0 atom stereocenters. The average molecular weight is 475 g/mol. The molecule has 0 radical (unpaired) electrons.